The van der Waals surface area contributed by atoms with Gasteiger partial charge in [0.05, 0.1) is 5.69 Å². The fourth-order valence-electron chi connectivity index (χ4n) is 1.50. The first-order valence-corrected chi connectivity index (χ1v) is 7.56. The molecule has 0 amide bonds. The van der Waals surface area contributed by atoms with Gasteiger partial charge in [-0.3, -0.25) is 9.88 Å². The molecule has 16 heavy (non-hydrogen) atoms. The zero-order chi connectivity index (χ0) is 11.8. The van der Waals surface area contributed by atoms with Gasteiger partial charge in [0.25, 0.3) is 0 Å². The summed E-state index contributed by atoms with van der Waals surface area (Å²) in [5, 5.41) is 1.02. The molecular formula is C12H18Br2N2. The number of unbranched alkanes of at least 4 members (excludes halogenated alkanes) is 1. The number of aromatic nitrogens is 1. The van der Waals surface area contributed by atoms with E-state index >= 15 is 0 Å². The van der Waals surface area contributed by atoms with Crippen molar-refractivity contribution < 1.29 is 0 Å². The Morgan fingerprint density at radius 3 is 2.69 bits per heavy atom. The third-order valence-electron chi connectivity index (χ3n) is 2.40. The van der Waals surface area contributed by atoms with Crippen LogP contribution in [0.3, 0.4) is 0 Å². The molecule has 0 N–H and O–H groups in total. The van der Waals surface area contributed by atoms with Gasteiger partial charge in [0.15, 0.2) is 0 Å². The van der Waals surface area contributed by atoms with Crippen molar-refractivity contribution >= 4 is 31.9 Å². The third kappa shape index (κ3) is 5.41. The minimum Gasteiger partial charge on any atom is -0.297 e. The molecule has 1 aromatic heterocycles. The van der Waals surface area contributed by atoms with E-state index in [0.717, 1.165) is 35.1 Å². The Labute approximate surface area is 115 Å². The van der Waals surface area contributed by atoms with Gasteiger partial charge in [-0.05, 0) is 41.0 Å². The Balaban J connectivity index is 2.49. The Morgan fingerprint density at radius 1 is 1.31 bits per heavy atom. The van der Waals surface area contributed by atoms with E-state index in [1.54, 1.807) is 0 Å². The van der Waals surface area contributed by atoms with Gasteiger partial charge in [-0.25, -0.2) is 0 Å². The second-order valence-electron chi connectivity index (χ2n) is 3.79. The molecule has 1 rings (SSSR count). The Hall–Kier alpha value is 0.0700. The van der Waals surface area contributed by atoms with Crippen LogP contribution in [-0.4, -0.2) is 28.3 Å². The largest absolute Gasteiger partial charge is 0.297 e. The van der Waals surface area contributed by atoms with Crippen molar-refractivity contribution in [3.05, 3.63) is 28.5 Å². The standard InChI is InChI=1S/C12H18Br2N2/c1-2-3-7-16(8-6-13)10-12-5-4-11(14)9-15-12/h4-5,9H,2-3,6-8,10H2,1H3. The number of hydrogen-bond donors (Lipinski definition) is 0. The summed E-state index contributed by atoms with van der Waals surface area (Å²) in [6, 6.07) is 4.13. The van der Waals surface area contributed by atoms with Crippen LogP contribution < -0.4 is 0 Å². The molecule has 0 radical (unpaired) electrons. The van der Waals surface area contributed by atoms with Crippen LogP contribution in [0.4, 0.5) is 0 Å². The summed E-state index contributed by atoms with van der Waals surface area (Å²) in [4.78, 5) is 6.84. The smallest absolute Gasteiger partial charge is 0.0544 e. The summed E-state index contributed by atoms with van der Waals surface area (Å²) in [6.07, 6.45) is 4.36. The molecule has 0 saturated carbocycles. The highest BCUT2D eigenvalue weighted by molar-refractivity contribution is 9.10. The van der Waals surface area contributed by atoms with Crippen LogP contribution in [0.2, 0.25) is 0 Å². The Morgan fingerprint density at radius 2 is 2.12 bits per heavy atom. The fraction of sp³-hybridized carbons (Fsp3) is 0.583. The van der Waals surface area contributed by atoms with E-state index in [1.165, 1.54) is 12.8 Å². The van der Waals surface area contributed by atoms with Crippen LogP contribution in [0.5, 0.6) is 0 Å². The first kappa shape index (κ1) is 14.1. The molecule has 90 valence electrons. The van der Waals surface area contributed by atoms with Crippen molar-refractivity contribution in [1.82, 2.24) is 9.88 Å². The number of alkyl halides is 1. The summed E-state index contributed by atoms with van der Waals surface area (Å²) in [6.45, 7) is 5.40. The van der Waals surface area contributed by atoms with Crippen LogP contribution >= 0.6 is 31.9 Å². The maximum absolute atomic E-state index is 4.40. The number of pyridine rings is 1. The van der Waals surface area contributed by atoms with E-state index in [1.807, 2.05) is 6.20 Å². The predicted octanol–water partition coefficient (Wildman–Crippen LogP) is 3.84. The summed E-state index contributed by atoms with van der Waals surface area (Å²) in [5.41, 5.74) is 1.14. The molecule has 0 saturated heterocycles. The molecule has 0 aromatic carbocycles. The fourth-order valence-corrected chi connectivity index (χ4v) is 2.24. The number of nitrogens with zero attached hydrogens (tertiary/aromatic N) is 2. The zero-order valence-electron chi connectivity index (χ0n) is 9.63. The molecular weight excluding hydrogens is 332 g/mol. The van der Waals surface area contributed by atoms with Crippen molar-refractivity contribution in [3.63, 3.8) is 0 Å². The highest BCUT2D eigenvalue weighted by Gasteiger charge is 2.05. The van der Waals surface area contributed by atoms with Crippen LogP contribution in [0.15, 0.2) is 22.8 Å². The molecule has 4 heteroatoms. The average molecular weight is 350 g/mol. The summed E-state index contributed by atoms with van der Waals surface area (Å²) in [7, 11) is 0. The highest BCUT2D eigenvalue weighted by atomic mass is 79.9. The summed E-state index contributed by atoms with van der Waals surface area (Å²) >= 11 is 6.90. The van der Waals surface area contributed by atoms with E-state index in [4.69, 9.17) is 0 Å². The average Bonchev–Trinajstić information content (AvgIpc) is 2.29. The maximum Gasteiger partial charge on any atom is 0.0544 e. The van der Waals surface area contributed by atoms with E-state index in [-0.39, 0.29) is 0 Å². The third-order valence-corrected chi connectivity index (χ3v) is 3.23. The minimum absolute atomic E-state index is 0.943. The molecule has 2 nitrogen and oxygen atoms in total. The van der Waals surface area contributed by atoms with Gasteiger partial charge in [0, 0.05) is 29.1 Å². The van der Waals surface area contributed by atoms with Gasteiger partial charge >= 0.3 is 0 Å². The number of halogens is 2. The van der Waals surface area contributed by atoms with Gasteiger partial charge in [-0.15, -0.1) is 0 Å². The Bertz CT molecular complexity index is 288. The van der Waals surface area contributed by atoms with Crippen molar-refractivity contribution in [3.8, 4) is 0 Å². The summed E-state index contributed by atoms with van der Waals surface area (Å²) in [5.74, 6) is 0. The second-order valence-corrected chi connectivity index (χ2v) is 5.50. The molecule has 1 aromatic rings. The highest BCUT2D eigenvalue weighted by Crippen LogP contribution is 2.09. The lowest BCUT2D eigenvalue weighted by molar-refractivity contribution is 0.275. The van der Waals surface area contributed by atoms with Crippen LogP contribution in [0.1, 0.15) is 25.5 Å². The summed E-state index contributed by atoms with van der Waals surface area (Å²) < 4.78 is 1.04. The monoisotopic (exact) mass is 348 g/mol. The van der Waals surface area contributed by atoms with E-state index < -0.39 is 0 Å². The molecule has 0 unspecified atom stereocenters. The lowest BCUT2D eigenvalue weighted by atomic mass is 10.3. The Kier molecular flexibility index (Phi) is 7.25. The molecule has 0 atom stereocenters. The van der Waals surface area contributed by atoms with Gasteiger partial charge in [-0.2, -0.15) is 0 Å². The van der Waals surface area contributed by atoms with Gasteiger partial charge in [-0.1, -0.05) is 29.3 Å². The zero-order valence-corrected chi connectivity index (χ0v) is 12.8. The van der Waals surface area contributed by atoms with Crippen molar-refractivity contribution in [2.75, 3.05) is 18.4 Å². The van der Waals surface area contributed by atoms with Crippen LogP contribution in [-0.2, 0) is 6.54 Å². The molecule has 0 aliphatic carbocycles. The lowest BCUT2D eigenvalue weighted by Gasteiger charge is -2.20. The predicted molar refractivity (Wildman–Crippen MR) is 75.9 cm³/mol. The molecule has 1 heterocycles. The lowest BCUT2D eigenvalue weighted by Crippen LogP contribution is -2.26. The van der Waals surface area contributed by atoms with E-state index in [0.29, 0.717) is 0 Å². The quantitative estimate of drug-likeness (QED) is 0.695. The number of hydrogen-bond acceptors (Lipinski definition) is 2. The van der Waals surface area contributed by atoms with Gasteiger partial charge in [0.1, 0.15) is 0 Å². The van der Waals surface area contributed by atoms with Crippen molar-refractivity contribution in [2.24, 2.45) is 0 Å². The van der Waals surface area contributed by atoms with Crippen molar-refractivity contribution in [2.45, 2.75) is 26.3 Å². The molecule has 0 fully saturated rings. The maximum atomic E-state index is 4.40. The van der Waals surface area contributed by atoms with Crippen LogP contribution in [0.25, 0.3) is 0 Å². The molecule has 0 bridgehead atoms. The van der Waals surface area contributed by atoms with Gasteiger partial charge < -0.3 is 0 Å². The first-order chi connectivity index (χ1) is 7.76. The molecule has 0 aliphatic rings. The molecule has 0 spiro atoms. The minimum atomic E-state index is 0.943. The SMILES string of the molecule is CCCCN(CCBr)Cc1ccc(Br)cn1. The van der Waals surface area contributed by atoms with E-state index in [2.05, 4.69) is 60.8 Å². The second kappa shape index (κ2) is 8.20. The topological polar surface area (TPSA) is 16.1 Å². The number of rotatable bonds is 7. The van der Waals surface area contributed by atoms with E-state index in [9.17, 15) is 0 Å². The van der Waals surface area contributed by atoms with Crippen LogP contribution in [0, 0.1) is 0 Å². The first-order valence-electron chi connectivity index (χ1n) is 5.65. The normalized spacial score (nSPS) is 11.0. The van der Waals surface area contributed by atoms with Gasteiger partial charge in [0.2, 0.25) is 0 Å². The molecule has 0 aliphatic heterocycles. The van der Waals surface area contributed by atoms with Crippen molar-refractivity contribution in [1.29, 1.82) is 0 Å².